The van der Waals surface area contributed by atoms with Gasteiger partial charge in [-0.25, -0.2) is 0 Å². The number of ether oxygens (including phenoxy) is 1. The van der Waals surface area contributed by atoms with E-state index in [0.29, 0.717) is 12.0 Å². The highest BCUT2D eigenvalue weighted by atomic mass is 19.3. The van der Waals surface area contributed by atoms with E-state index in [-0.39, 0.29) is 11.8 Å². The van der Waals surface area contributed by atoms with Crippen molar-refractivity contribution in [2.24, 2.45) is 5.84 Å². The number of hydrogen-bond acceptors (Lipinski definition) is 4. The van der Waals surface area contributed by atoms with Crippen molar-refractivity contribution >= 4 is 0 Å². The number of pyridine rings is 1. The molecule has 0 fully saturated rings. The molecule has 0 aliphatic rings. The normalized spacial score (nSPS) is 12.4. The average Bonchev–Trinajstić information content (AvgIpc) is 2.46. The van der Waals surface area contributed by atoms with Crippen LogP contribution >= 0.6 is 0 Å². The van der Waals surface area contributed by atoms with E-state index in [0.717, 1.165) is 5.56 Å². The summed E-state index contributed by atoms with van der Waals surface area (Å²) in [5.41, 5.74) is 4.16. The van der Waals surface area contributed by atoms with Crippen LogP contribution < -0.4 is 16.0 Å². The van der Waals surface area contributed by atoms with Gasteiger partial charge in [-0.1, -0.05) is 24.3 Å². The molecule has 106 valence electrons. The number of nitrogens with zero attached hydrogens (tertiary/aromatic N) is 1. The summed E-state index contributed by atoms with van der Waals surface area (Å²) < 4.78 is 29.3. The van der Waals surface area contributed by atoms with E-state index in [2.05, 4.69) is 15.1 Å². The van der Waals surface area contributed by atoms with Crippen LogP contribution in [0, 0.1) is 0 Å². The van der Waals surface area contributed by atoms with Crippen LogP contribution in [-0.2, 0) is 6.42 Å². The third-order valence-corrected chi connectivity index (χ3v) is 2.87. The Balaban J connectivity index is 2.23. The molecule has 1 unspecified atom stereocenters. The minimum absolute atomic E-state index is 0.120. The van der Waals surface area contributed by atoms with Gasteiger partial charge in [-0.15, -0.1) is 0 Å². The number of hydrogen-bond donors (Lipinski definition) is 2. The fourth-order valence-corrected chi connectivity index (χ4v) is 1.98. The van der Waals surface area contributed by atoms with Crippen LogP contribution in [0.25, 0.3) is 0 Å². The number of aromatic nitrogens is 1. The highest BCUT2D eigenvalue weighted by Crippen LogP contribution is 2.28. The zero-order chi connectivity index (χ0) is 14.4. The van der Waals surface area contributed by atoms with Crippen molar-refractivity contribution < 1.29 is 13.5 Å². The lowest BCUT2D eigenvalue weighted by molar-refractivity contribution is -0.0507. The standard InChI is InChI=1S/C14H15F2N3O/c15-14(16)20-13-6-2-1-5-11(13)12(19-17)8-10-4-3-7-18-9-10/h1-7,9,12,14,19H,8,17H2. The summed E-state index contributed by atoms with van der Waals surface area (Å²) in [6, 6.07) is 9.96. The zero-order valence-electron chi connectivity index (χ0n) is 10.7. The number of benzene rings is 1. The van der Waals surface area contributed by atoms with Gasteiger partial charge in [0.15, 0.2) is 0 Å². The minimum Gasteiger partial charge on any atom is -0.434 e. The SMILES string of the molecule is NNC(Cc1cccnc1)c1ccccc1OC(F)F. The molecule has 20 heavy (non-hydrogen) atoms. The summed E-state index contributed by atoms with van der Waals surface area (Å²) in [4.78, 5) is 4.02. The molecule has 1 heterocycles. The van der Waals surface area contributed by atoms with E-state index >= 15 is 0 Å². The van der Waals surface area contributed by atoms with Crippen molar-refractivity contribution in [2.75, 3.05) is 0 Å². The van der Waals surface area contributed by atoms with Crippen molar-refractivity contribution in [3.63, 3.8) is 0 Å². The molecule has 0 spiro atoms. The zero-order valence-corrected chi connectivity index (χ0v) is 10.7. The van der Waals surface area contributed by atoms with Crippen molar-refractivity contribution in [1.29, 1.82) is 0 Å². The maximum absolute atomic E-state index is 12.4. The van der Waals surface area contributed by atoms with Gasteiger partial charge in [-0.2, -0.15) is 8.78 Å². The third-order valence-electron chi connectivity index (χ3n) is 2.87. The van der Waals surface area contributed by atoms with Crippen molar-refractivity contribution in [3.05, 3.63) is 59.9 Å². The van der Waals surface area contributed by atoms with E-state index in [4.69, 9.17) is 5.84 Å². The first-order valence-electron chi connectivity index (χ1n) is 6.09. The molecule has 2 aromatic rings. The molecule has 6 heteroatoms. The lowest BCUT2D eigenvalue weighted by Gasteiger charge is -2.19. The van der Waals surface area contributed by atoms with Crippen LogP contribution in [0.1, 0.15) is 17.2 Å². The van der Waals surface area contributed by atoms with Crippen molar-refractivity contribution in [1.82, 2.24) is 10.4 Å². The first kappa shape index (κ1) is 14.4. The van der Waals surface area contributed by atoms with Gasteiger partial charge in [0.25, 0.3) is 0 Å². The van der Waals surface area contributed by atoms with Gasteiger partial charge in [-0.05, 0) is 24.1 Å². The number of halogens is 2. The predicted octanol–water partition coefficient (Wildman–Crippen LogP) is 2.43. The first-order chi connectivity index (χ1) is 9.70. The topological polar surface area (TPSA) is 60.2 Å². The molecule has 3 N–H and O–H groups in total. The van der Waals surface area contributed by atoms with Crippen LogP contribution in [0.3, 0.4) is 0 Å². The fraction of sp³-hybridized carbons (Fsp3) is 0.214. The average molecular weight is 279 g/mol. The summed E-state index contributed by atoms with van der Waals surface area (Å²) in [6.07, 6.45) is 3.90. The number of para-hydroxylation sites is 1. The van der Waals surface area contributed by atoms with Gasteiger partial charge in [0.2, 0.25) is 0 Å². The number of nitrogens with one attached hydrogen (secondary N) is 1. The van der Waals surface area contributed by atoms with E-state index in [1.54, 1.807) is 30.6 Å². The molecule has 1 aromatic carbocycles. The third kappa shape index (κ3) is 3.72. The molecule has 0 aliphatic heterocycles. The molecule has 0 radical (unpaired) electrons. The number of nitrogens with two attached hydrogens (primary N) is 1. The molecular weight excluding hydrogens is 264 g/mol. The van der Waals surface area contributed by atoms with Gasteiger partial charge in [0.1, 0.15) is 5.75 Å². The number of rotatable bonds is 6. The highest BCUT2D eigenvalue weighted by Gasteiger charge is 2.17. The Morgan fingerprint density at radius 3 is 2.65 bits per heavy atom. The lowest BCUT2D eigenvalue weighted by atomic mass is 9.99. The van der Waals surface area contributed by atoms with Crippen LogP contribution in [0.2, 0.25) is 0 Å². The Morgan fingerprint density at radius 1 is 1.20 bits per heavy atom. The summed E-state index contributed by atoms with van der Waals surface area (Å²) in [6.45, 7) is -2.87. The molecule has 0 saturated carbocycles. The van der Waals surface area contributed by atoms with Crippen molar-refractivity contribution in [2.45, 2.75) is 19.1 Å². The van der Waals surface area contributed by atoms with Gasteiger partial charge in [-0.3, -0.25) is 16.3 Å². The Labute approximate surface area is 115 Å². The van der Waals surface area contributed by atoms with E-state index in [1.807, 2.05) is 12.1 Å². The van der Waals surface area contributed by atoms with Gasteiger partial charge in [0.05, 0.1) is 6.04 Å². The van der Waals surface area contributed by atoms with Crippen LogP contribution in [-0.4, -0.2) is 11.6 Å². The van der Waals surface area contributed by atoms with Crippen LogP contribution in [0.15, 0.2) is 48.8 Å². The second-order valence-corrected chi connectivity index (χ2v) is 4.20. The second kappa shape index (κ2) is 6.93. The van der Waals surface area contributed by atoms with E-state index in [9.17, 15) is 8.78 Å². The monoisotopic (exact) mass is 279 g/mol. The minimum atomic E-state index is -2.87. The maximum Gasteiger partial charge on any atom is 0.387 e. The number of hydrazine groups is 1. The Hall–Kier alpha value is -2.05. The van der Waals surface area contributed by atoms with Crippen LogP contribution in [0.4, 0.5) is 8.78 Å². The maximum atomic E-state index is 12.4. The largest absolute Gasteiger partial charge is 0.434 e. The molecule has 1 atom stereocenters. The first-order valence-corrected chi connectivity index (χ1v) is 6.09. The Morgan fingerprint density at radius 2 is 2.00 bits per heavy atom. The Kier molecular flexibility index (Phi) is 4.97. The summed E-state index contributed by atoms with van der Waals surface area (Å²) >= 11 is 0. The van der Waals surface area contributed by atoms with Gasteiger partial charge in [0, 0.05) is 18.0 Å². The summed E-state index contributed by atoms with van der Waals surface area (Å²) in [7, 11) is 0. The van der Waals surface area contributed by atoms with Gasteiger partial charge < -0.3 is 4.74 Å². The second-order valence-electron chi connectivity index (χ2n) is 4.20. The molecule has 0 saturated heterocycles. The highest BCUT2D eigenvalue weighted by molar-refractivity contribution is 5.36. The quantitative estimate of drug-likeness (QED) is 0.630. The summed E-state index contributed by atoms with van der Waals surface area (Å²) in [5, 5.41) is 0. The molecule has 0 aliphatic carbocycles. The Bertz CT molecular complexity index is 537. The summed E-state index contributed by atoms with van der Waals surface area (Å²) in [5.74, 6) is 5.66. The molecule has 2 rings (SSSR count). The molecule has 0 amide bonds. The van der Waals surface area contributed by atoms with E-state index in [1.165, 1.54) is 6.07 Å². The fourth-order valence-electron chi connectivity index (χ4n) is 1.98. The predicted molar refractivity (Wildman–Crippen MR) is 71.1 cm³/mol. The molecule has 1 aromatic heterocycles. The van der Waals surface area contributed by atoms with Gasteiger partial charge >= 0.3 is 6.61 Å². The smallest absolute Gasteiger partial charge is 0.387 e. The van der Waals surface area contributed by atoms with Crippen molar-refractivity contribution in [3.8, 4) is 5.75 Å². The molecular formula is C14H15F2N3O. The lowest BCUT2D eigenvalue weighted by Crippen LogP contribution is -2.30. The molecule has 0 bridgehead atoms. The molecule has 4 nitrogen and oxygen atoms in total. The number of alkyl halides is 2. The van der Waals surface area contributed by atoms with E-state index < -0.39 is 6.61 Å². The van der Waals surface area contributed by atoms with Crippen LogP contribution in [0.5, 0.6) is 5.75 Å².